The number of benzene rings is 1. The van der Waals surface area contributed by atoms with E-state index < -0.39 is 6.89 Å². The summed E-state index contributed by atoms with van der Waals surface area (Å²) >= 11 is 0. The first-order chi connectivity index (χ1) is 20.6. The third-order valence-electron chi connectivity index (χ3n) is 13.0. The van der Waals surface area contributed by atoms with E-state index in [9.17, 15) is 0 Å². The highest BCUT2D eigenvalue weighted by Gasteiger charge is 2.49. The quantitative estimate of drug-likeness (QED) is 0.270. The molecule has 0 radical (unpaired) electrons. The Morgan fingerprint density at radius 1 is 0.476 bits per heavy atom. The molecule has 0 spiro atoms. The van der Waals surface area contributed by atoms with E-state index >= 15 is 0 Å². The van der Waals surface area contributed by atoms with E-state index in [0.717, 1.165) is 28.3 Å². The Morgan fingerprint density at radius 3 is 1.12 bits per heavy atom. The van der Waals surface area contributed by atoms with Crippen LogP contribution in [0.25, 0.3) is 0 Å². The number of hydrogen-bond donors (Lipinski definition) is 0. The van der Waals surface area contributed by atoms with Gasteiger partial charge in [-0.25, -0.2) is 0 Å². The first kappa shape index (κ1) is 31.9. The van der Waals surface area contributed by atoms with Gasteiger partial charge in [0.05, 0.1) is 0 Å². The minimum Gasteiger partial charge on any atom is -0.0874 e. The second kappa shape index (κ2) is 15.0. The Morgan fingerprint density at radius 2 is 0.786 bits per heavy atom. The van der Waals surface area contributed by atoms with Crippen molar-refractivity contribution in [1.29, 1.82) is 0 Å². The van der Waals surface area contributed by atoms with Gasteiger partial charge in [0.2, 0.25) is 0 Å². The van der Waals surface area contributed by atoms with Crippen molar-refractivity contribution in [2.24, 2.45) is 0 Å². The van der Waals surface area contributed by atoms with Gasteiger partial charge in [0, 0.05) is 0 Å². The van der Waals surface area contributed by atoms with Crippen LogP contribution in [0.15, 0.2) is 12.1 Å². The Bertz CT molecular complexity index is 960. The summed E-state index contributed by atoms with van der Waals surface area (Å²) in [4.78, 5) is 0. The maximum Gasteiger partial charge on any atom is -0.0119 e. The molecule has 1 aromatic rings. The molecule has 42 heavy (non-hydrogen) atoms. The van der Waals surface area contributed by atoms with E-state index in [1.54, 1.807) is 75.3 Å². The molecule has 5 aliphatic carbocycles. The lowest BCUT2D eigenvalue weighted by atomic mass is 9.98. The van der Waals surface area contributed by atoms with E-state index in [1.165, 1.54) is 102 Å². The fraction of sp³-hybridized carbons (Fsp3) is 0.825. The Kier molecular flexibility index (Phi) is 11.4. The van der Waals surface area contributed by atoms with Crippen LogP contribution in [0.5, 0.6) is 0 Å². The van der Waals surface area contributed by atoms with Crippen LogP contribution >= 0.6 is 14.8 Å². The van der Waals surface area contributed by atoms with Crippen LogP contribution in [-0.4, -0.2) is 33.3 Å². The standard InChI is InChI=1S/C40H66P2/c1-31-29-32(2)39(33(3)30-31)40(41(34-19-9-4-10-20-34)35-21-11-5-12-22-35)42(36-23-13-6-14-24-36,37-25-15-7-16-26-37)38-27-17-8-18-28-38/h29-30,34-38H,4-28H2,1-3H3. The molecule has 1 aromatic carbocycles. The van der Waals surface area contributed by atoms with Gasteiger partial charge in [-0.3, -0.25) is 0 Å². The van der Waals surface area contributed by atoms with Crippen molar-refractivity contribution in [3.63, 3.8) is 0 Å². The van der Waals surface area contributed by atoms with Crippen LogP contribution in [0.4, 0.5) is 0 Å². The molecule has 0 atom stereocenters. The van der Waals surface area contributed by atoms with Crippen molar-refractivity contribution in [2.45, 2.75) is 210 Å². The van der Waals surface area contributed by atoms with Gasteiger partial charge >= 0.3 is 0 Å². The van der Waals surface area contributed by atoms with Crippen molar-refractivity contribution < 1.29 is 0 Å². The molecule has 0 saturated heterocycles. The lowest BCUT2D eigenvalue weighted by molar-refractivity contribution is 0.458. The lowest BCUT2D eigenvalue weighted by Crippen LogP contribution is -2.37. The van der Waals surface area contributed by atoms with Crippen molar-refractivity contribution >= 4 is 19.8 Å². The number of rotatable bonds is 7. The summed E-state index contributed by atoms with van der Waals surface area (Å²) in [6, 6.07) is 5.27. The molecule has 0 heterocycles. The molecule has 0 amide bonds. The maximum absolute atomic E-state index is 2.63. The molecule has 0 aliphatic heterocycles. The van der Waals surface area contributed by atoms with Gasteiger partial charge in [-0.1, -0.05) is 129 Å². The van der Waals surface area contributed by atoms with Gasteiger partial charge in [0.15, 0.2) is 0 Å². The first-order valence-corrected chi connectivity index (χ1v) is 22.7. The molecule has 5 saturated carbocycles. The summed E-state index contributed by atoms with van der Waals surface area (Å²) in [5.74, 6) is 0. The second-order valence-electron chi connectivity index (χ2n) is 15.8. The first-order valence-electron chi connectivity index (χ1n) is 19.2. The van der Waals surface area contributed by atoms with Crippen LogP contribution in [0.1, 0.15) is 183 Å². The fourth-order valence-corrected chi connectivity index (χ4v) is 26.4. The minimum atomic E-state index is -1.37. The molecular weight excluding hydrogens is 542 g/mol. The monoisotopic (exact) mass is 608 g/mol. The van der Waals surface area contributed by atoms with Crippen LogP contribution in [0, 0.1) is 20.8 Å². The molecule has 236 valence electrons. The number of aryl methyl sites for hydroxylation is 3. The highest BCUT2D eigenvalue weighted by atomic mass is 31.2. The average Bonchev–Trinajstić information content (AvgIpc) is 3.04. The highest BCUT2D eigenvalue weighted by Crippen LogP contribution is 2.77. The number of hydrogen-bond acceptors (Lipinski definition) is 0. The summed E-state index contributed by atoms with van der Waals surface area (Å²) in [5.41, 5.74) is 12.0. The predicted molar refractivity (Wildman–Crippen MR) is 193 cm³/mol. The van der Waals surface area contributed by atoms with Gasteiger partial charge in [-0.15, -0.1) is 0 Å². The van der Waals surface area contributed by atoms with Gasteiger partial charge < -0.3 is 0 Å². The van der Waals surface area contributed by atoms with E-state index in [1.807, 2.05) is 5.56 Å². The van der Waals surface area contributed by atoms with Gasteiger partial charge in [-0.2, -0.15) is 0 Å². The zero-order valence-corrected chi connectivity index (χ0v) is 29.9. The SMILES string of the molecule is Cc1cc(C)c(C(P(C2CCCCC2)C2CCCCC2)=P(C2CCCCC2)(C2CCCCC2)C2CCCCC2)c(C)c1. The third-order valence-corrected chi connectivity index (χ3v) is 24.2. The fourth-order valence-electron chi connectivity index (χ4n) is 11.4. The maximum atomic E-state index is 2.63. The second-order valence-corrected chi connectivity index (χ2v) is 23.2. The zero-order valence-electron chi connectivity index (χ0n) is 28.1. The van der Waals surface area contributed by atoms with Crippen LogP contribution < -0.4 is 0 Å². The average molecular weight is 609 g/mol. The lowest BCUT2D eigenvalue weighted by Gasteiger charge is -2.55. The van der Waals surface area contributed by atoms with E-state index in [-0.39, 0.29) is 7.92 Å². The molecule has 0 aromatic heterocycles. The topological polar surface area (TPSA) is 0 Å². The van der Waals surface area contributed by atoms with Crippen LogP contribution in [0.3, 0.4) is 0 Å². The van der Waals surface area contributed by atoms with Crippen LogP contribution in [0.2, 0.25) is 0 Å². The largest absolute Gasteiger partial charge is 0.0874 e. The summed E-state index contributed by atoms with van der Waals surface area (Å²) in [7, 11) is -0.0750. The molecule has 2 heteroatoms. The highest BCUT2D eigenvalue weighted by molar-refractivity contribution is 7.97. The molecule has 5 aliphatic rings. The van der Waals surface area contributed by atoms with Crippen molar-refractivity contribution in [3.8, 4) is 0 Å². The smallest absolute Gasteiger partial charge is 0.0119 e. The van der Waals surface area contributed by atoms with Crippen molar-refractivity contribution in [3.05, 3.63) is 34.4 Å². The zero-order chi connectivity index (χ0) is 28.9. The summed E-state index contributed by atoms with van der Waals surface area (Å²) in [6.45, 7) is 6.15. The molecule has 0 unspecified atom stereocenters. The summed E-state index contributed by atoms with van der Waals surface area (Å²) in [5, 5.41) is 2.32. The Balaban J connectivity index is 1.72. The van der Waals surface area contributed by atoms with Gasteiger partial charge in [0.25, 0.3) is 0 Å². The molecule has 0 bridgehead atoms. The van der Waals surface area contributed by atoms with E-state index in [4.69, 9.17) is 0 Å². The summed E-state index contributed by atoms with van der Waals surface area (Å²) < 4.78 is 0. The molecular formula is C40H66P2. The van der Waals surface area contributed by atoms with Crippen molar-refractivity contribution in [2.75, 3.05) is 0 Å². The third kappa shape index (κ3) is 6.58. The van der Waals surface area contributed by atoms with Gasteiger partial charge in [0.1, 0.15) is 0 Å². The molecule has 5 fully saturated rings. The molecule has 0 nitrogen and oxygen atoms in total. The molecule has 0 N–H and O–H groups in total. The van der Waals surface area contributed by atoms with Crippen molar-refractivity contribution in [1.82, 2.24) is 0 Å². The van der Waals surface area contributed by atoms with E-state index in [2.05, 4.69) is 37.9 Å². The van der Waals surface area contributed by atoms with Crippen LogP contribution in [-0.2, 0) is 0 Å². The Hall–Kier alpha value is -0.0500. The minimum absolute atomic E-state index is 0.0750. The van der Waals surface area contributed by atoms with Gasteiger partial charge in [-0.05, 0) is 135 Å². The predicted octanol–water partition coefficient (Wildman–Crippen LogP) is 13.3. The molecule has 6 rings (SSSR count). The summed E-state index contributed by atoms with van der Waals surface area (Å²) in [6.07, 6.45) is 38.7. The van der Waals surface area contributed by atoms with E-state index in [0.29, 0.717) is 0 Å². The normalized spacial score (nSPS) is 25.2. The Labute approximate surface area is 263 Å².